The van der Waals surface area contributed by atoms with E-state index in [1.807, 2.05) is 24.3 Å². The zero-order valence-electron chi connectivity index (χ0n) is 11.7. The standard InChI is InChI=1S/C16H23ClO2/c1-2-3-4-5-6-7-12-19-15-10-8-14(9-11-15)13-16(17)18/h8-11H,2-7,12-13H2,1H3. The fourth-order valence-electron chi connectivity index (χ4n) is 1.94. The van der Waals surface area contributed by atoms with Gasteiger partial charge in [0.25, 0.3) is 0 Å². The first-order valence-corrected chi connectivity index (χ1v) is 7.50. The van der Waals surface area contributed by atoms with Gasteiger partial charge in [-0.15, -0.1) is 0 Å². The van der Waals surface area contributed by atoms with Gasteiger partial charge in [-0.05, 0) is 35.7 Å². The first kappa shape index (κ1) is 16.0. The fourth-order valence-corrected chi connectivity index (χ4v) is 2.09. The number of benzene rings is 1. The smallest absolute Gasteiger partial charge is 0.226 e. The molecule has 3 heteroatoms. The number of hydrogen-bond donors (Lipinski definition) is 0. The normalized spacial score (nSPS) is 10.4. The third-order valence-corrected chi connectivity index (χ3v) is 3.17. The lowest BCUT2D eigenvalue weighted by molar-refractivity contribution is -0.111. The average molecular weight is 283 g/mol. The van der Waals surface area contributed by atoms with E-state index in [0.29, 0.717) is 0 Å². The Labute approximate surface area is 121 Å². The fraction of sp³-hybridized carbons (Fsp3) is 0.562. The lowest BCUT2D eigenvalue weighted by atomic mass is 10.1. The van der Waals surface area contributed by atoms with Crippen LogP contribution in [0.15, 0.2) is 24.3 Å². The molecule has 0 saturated carbocycles. The Balaban J connectivity index is 2.14. The van der Waals surface area contributed by atoms with E-state index in [4.69, 9.17) is 16.3 Å². The second-order valence-corrected chi connectivity index (χ2v) is 5.21. The van der Waals surface area contributed by atoms with Crippen molar-refractivity contribution in [3.63, 3.8) is 0 Å². The molecule has 0 N–H and O–H groups in total. The van der Waals surface area contributed by atoms with Crippen LogP contribution < -0.4 is 4.74 Å². The van der Waals surface area contributed by atoms with E-state index in [2.05, 4.69) is 6.92 Å². The van der Waals surface area contributed by atoms with E-state index in [9.17, 15) is 4.79 Å². The molecule has 0 bridgehead atoms. The third-order valence-electron chi connectivity index (χ3n) is 3.03. The van der Waals surface area contributed by atoms with Gasteiger partial charge in [-0.2, -0.15) is 0 Å². The largest absolute Gasteiger partial charge is 0.494 e. The summed E-state index contributed by atoms with van der Waals surface area (Å²) < 4.78 is 5.65. The van der Waals surface area contributed by atoms with E-state index in [-0.39, 0.29) is 11.7 Å². The molecule has 0 aliphatic carbocycles. The number of rotatable bonds is 10. The highest BCUT2D eigenvalue weighted by molar-refractivity contribution is 6.63. The summed E-state index contributed by atoms with van der Waals surface area (Å²) in [4.78, 5) is 10.8. The molecule has 0 aliphatic rings. The van der Waals surface area contributed by atoms with Crippen molar-refractivity contribution >= 4 is 16.8 Å². The van der Waals surface area contributed by atoms with Crippen LogP contribution in [0.25, 0.3) is 0 Å². The van der Waals surface area contributed by atoms with Gasteiger partial charge in [0, 0.05) is 6.42 Å². The summed E-state index contributed by atoms with van der Waals surface area (Å²) in [6, 6.07) is 7.56. The van der Waals surface area contributed by atoms with Crippen LogP contribution in [0, 0.1) is 0 Å². The van der Waals surface area contributed by atoms with Crippen LogP contribution in [-0.4, -0.2) is 11.8 Å². The van der Waals surface area contributed by atoms with Gasteiger partial charge in [0.2, 0.25) is 5.24 Å². The summed E-state index contributed by atoms with van der Waals surface area (Å²) in [6.45, 7) is 2.99. The molecule has 0 saturated heterocycles. The van der Waals surface area contributed by atoms with E-state index < -0.39 is 0 Å². The molecule has 19 heavy (non-hydrogen) atoms. The number of carbonyl (C=O) groups is 1. The molecule has 1 rings (SSSR count). The summed E-state index contributed by atoms with van der Waals surface area (Å²) in [5.74, 6) is 0.860. The molecular weight excluding hydrogens is 260 g/mol. The van der Waals surface area contributed by atoms with Crippen molar-refractivity contribution in [2.24, 2.45) is 0 Å². The number of hydrogen-bond acceptors (Lipinski definition) is 2. The van der Waals surface area contributed by atoms with Crippen LogP contribution in [0.5, 0.6) is 5.75 Å². The Hall–Kier alpha value is -1.02. The Morgan fingerprint density at radius 2 is 1.68 bits per heavy atom. The third kappa shape index (κ3) is 7.89. The van der Waals surface area contributed by atoms with Crippen molar-refractivity contribution in [1.82, 2.24) is 0 Å². The van der Waals surface area contributed by atoms with Crippen LogP contribution in [0.1, 0.15) is 51.0 Å². The van der Waals surface area contributed by atoms with Crippen LogP contribution in [0.4, 0.5) is 0 Å². The zero-order valence-corrected chi connectivity index (χ0v) is 12.4. The molecule has 0 aliphatic heterocycles. The van der Waals surface area contributed by atoms with Gasteiger partial charge in [-0.25, -0.2) is 0 Å². The lowest BCUT2D eigenvalue weighted by Crippen LogP contribution is -1.98. The zero-order chi connectivity index (χ0) is 13.9. The van der Waals surface area contributed by atoms with Gasteiger partial charge in [0.05, 0.1) is 6.61 Å². The first-order chi connectivity index (χ1) is 9.22. The summed E-state index contributed by atoms with van der Waals surface area (Å²) in [5.41, 5.74) is 0.923. The van der Waals surface area contributed by atoms with Gasteiger partial charge in [-0.1, -0.05) is 51.2 Å². The van der Waals surface area contributed by atoms with Gasteiger partial charge in [0.15, 0.2) is 0 Å². The first-order valence-electron chi connectivity index (χ1n) is 7.12. The molecule has 0 amide bonds. The monoisotopic (exact) mass is 282 g/mol. The maximum atomic E-state index is 10.8. The molecule has 1 aromatic carbocycles. The minimum atomic E-state index is -0.333. The molecule has 1 aromatic rings. The quantitative estimate of drug-likeness (QED) is 0.458. The van der Waals surface area contributed by atoms with Crippen LogP contribution in [-0.2, 0) is 11.2 Å². The Bertz CT molecular complexity index is 360. The van der Waals surface area contributed by atoms with Crippen LogP contribution in [0.3, 0.4) is 0 Å². The highest BCUT2D eigenvalue weighted by atomic mass is 35.5. The maximum Gasteiger partial charge on any atom is 0.226 e. The minimum absolute atomic E-state index is 0.277. The molecule has 0 aromatic heterocycles. The molecule has 0 atom stereocenters. The second-order valence-electron chi connectivity index (χ2n) is 4.79. The molecule has 106 valence electrons. The molecule has 0 unspecified atom stereocenters. The molecule has 0 heterocycles. The number of halogens is 1. The number of carbonyl (C=O) groups excluding carboxylic acids is 1. The average Bonchev–Trinajstić information content (AvgIpc) is 2.39. The summed E-state index contributed by atoms with van der Waals surface area (Å²) >= 11 is 5.34. The molecule has 2 nitrogen and oxygen atoms in total. The van der Waals surface area contributed by atoms with Crippen molar-refractivity contribution in [2.75, 3.05) is 6.61 Å². The molecular formula is C16H23ClO2. The van der Waals surface area contributed by atoms with Crippen molar-refractivity contribution in [3.8, 4) is 5.75 Å². The van der Waals surface area contributed by atoms with Crippen molar-refractivity contribution < 1.29 is 9.53 Å². The highest BCUT2D eigenvalue weighted by Crippen LogP contribution is 2.14. The van der Waals surface area contributed by atoms with E-state index in [1.165, 1.54) is 32.1 Å². The Kier molecular flexibility index (Phi) is 8.31. The summed E-state index contributed by atoms with van der Waals surface area (Å²) in [5, 5.41) is -0.333. The maximum absolute atomic E-state index is 10.8. The second kappa shape index (κ2) is 9.85. The SMILES string of the molecule is CCCCCCCCOc1ccc(CC(=O)Cl)cc1. The van der Waals surface area contributed by atoms with Crippen molar-refractivity contribution in [2.45, 2.75) is 51.9 Å². The highest BCUT2D eigenvalue weighted by Gasteiger charge is 2.00. The van der Waals surface area contributed by atoms with Gasteiger partial charge in [0.1, 0.15) is 5.75 Å². The van der Waals surface area contributed by atoms with Crippen LogP contribution in [0.2, 0.25) is 0 Å². The van der Waals surface area contributed by atoms with Gasteiger partial charge in [-0.3, -0.25) is 4.79 Å². The minimum Gasteiger partial charge on any atom is -0.494 e. The van der Waals surface area contributed by atoms with E-state index in [0.717, 1.165) is 24.3 Å². The van der Waals surface area contributed by atoms with Crippen LogP contribution >= 0.6 is 11.6 Å². The Morgan fingerprint density at radius 1 is 1.05 bits per heavy atom. The van der Waals surface area contributed by atoms with Gasteiger partial charge >= 0.3 is 0 Å². The van der Waals surface area contributed by atoms with E-state index in [1.54, 1.807) is 0 Å². The number of ether oxygens (including phenoxy) is 1. The molecule has 0 fully saturated rings. The predicted octanol–water partition coefficient (Wildman–Crippen LogP) is 4.73. The predicted molar refractivity (Wildman–Crippen MR) is 79.9 cm³/mol. The number of unbranched alkanes of at least 4 members (excludes halogenated alkanes) is 5. The molecule has 0 radical (unpaired) electrons. The lowest BCUT2D eigenvalue weighted by Gasteiger charge is -2.06. The van der Waals surface area contributed by atoms with Gasteiger partial charge < -0.3 is 4.74 Å². The van der Waals surface area contributed by atoms with Crippen molar-refractivity contribution in [1.29, 1.82) is 0 Å². The molecule has 0 spiro atoms. The summed E-state index contributed by atoms with van der Waals surface area (Å²) in [6.07, 6.45) is 7.87. The Morgan fingerprint density at radius 3 is 2.32 bits per heavy atom. The van der Waals surface area contributed by atoms with E-state index >= 15 is 0 Å². The van der Waals surface area contributed by atoms with Crippen molar-refractivity contribution in [3.05, 3.63) is 29.8 Å². The summed E-state index contributed by atoms with van der Waals surface area (Å²) in [7, 11) is 0. The topological polar surface area (TPSA) is 26.3 Å².